The molecule has 0 bridgehead atoms. The second-order valence-electron chi connectivity index (χ2n) is 3.43. The van der Waals surface area contributed by atoms with Crippen LogP contribution in [0.4, 0.5) is 0 Å². The first-order valence-electron chi connectivity index (χ1n) is 5.31. The lowest BCUT2D eigenvalue weighted by Gasteiger charge is -2.05. The van der Waals surface area contributed by atoms with Crippen molar-refractivity contribution in [2.75, 3.05) is 19.8 Å². The highest BCUT2D eigenvalue weighted by molar-refractivity contribution is 5.76. The molecule has 0 atom stereocenters. The van der Waals surface area contributed by atoms with E-state index in [0.29, 0.717) is 32.8 Å². The van der Waals surface area contributed by atoms with Gasteiger partial charge in [0.25, 0.3) is 0 Å². The summed E-state index contributed by atoms with van der Waals surface area (Å²) in [4.78, 5) is 0. The van der Waals surface area contributed by atoms with Gasteiger partial charge in [0.05, 0.1) is 32.3 Å². The predicted molar refractivity (Wildman–Crippen MR) is 63.4 cm³/mol. The van der Waals surface area contributed by atoms with Crippen molar-refractivity contribution in [3.8, 4) is 0 Å². The van der Waals surface area contributed by atoms with E-state index in [0.717, 1.165) is 5.56 Å². The van der Waals surface area contributed by atoms with E-state index in [1.807, 2.05) is 30.3 Å². The fourth-order valence-electron chi connectivity index (χ4n) is 1.17. The van der Waals surface area contributed by atoms with E-state index in [-0.39, 0.29) is 5.84 Å². The first-order chi connectivity index (χ1) is 7.79. The number of benzene rings is 1. The summed E-state index contributed by atoms with van der Waals surface area (Å²) in [7, 11) is 0. The maximum atomic E-state index is 6.99. The average molecular weight is 222 g/mol. The molecule has 0 saturated heterocycles. The van der Waals surface area contributed by atoms with E-state index in [9.17, 15) is 0 Å². The van der Waals surface area contributed by atoms with Gasteiger partial charge < -0.3 is 15.2 Å². The third-order valence-electron chi connectivity index (χ3n) is 2.00. The van der Waals surface area contributed by atoms with Crippen LogP contribution in [0.3, 0.4) is 0 Å². The number of amidine groups is 1. The van der Waals surface area contributed by atoms with Crippen LogP contribution >= 0.6 is 0 Å². The Hall–Kier alpha value is -1.39. The van der Waals surface area contributed by atoms with E-state index in [1.54, 1.807) is 0 Å². The molecule has 3 N–H and O–H groups in total. The van der Waals surface area contributed by atoms with Crippen molar-refractivity contribution >= 4 is 5.84 Å². The van der Waals surface area contributed by atoms with Crippen LogP contribution in [0.15, 0.2) is 30.3 Å². The number of nitrogens with one attached hydrogen (secondary N) is 1. The van der Waals surface area contributed by atoms with E-state index in [1.165, 1.54) is 0 Å². The summed E-state index contributed by atoms with van der Waals surface area (Å²) in [6, 6.07) is 10.0. The van der Waals surface area contributed by atoms with Crippen molar-refractivity contribution in [2.24, 2.45) is 5.73 Å². The molecule has 0 aliphatic rings. The summed E-state index contributed by atoms with van der Waals surface area (Å²) >= 11 is 0. The molecular weight excluding hydrogens is 204 g/mol. The van der Waals surface area contributed by atoms with Gasteiger partial charge in [-0.05, 0) is 5.56 Å². The molecule has 1 aromatic rings. The summed E-state index contributed by atoms with van der Waals surface area (Å²) in [6.45, 7) is 2.20. The topological polar surface area (TPSA) is 68.3 Å². The summed E-state index contributed by atoms with van der Waals surface area (Å²) in [5, 5.41) is 6.99. The van der Waals surface area contributed by atoms with Crippen LogP contribution in [-0.2, 0) is 16.1 Å². The third kappa shape index (κ3) is 6.16. The van der Waals surface area contributed by atoms with Crippen molar-refractivity contribution in [3.63, 3.8) is 0 Å². The molecule has 1 rings (SSSR count). The Bertz CT molecular complexity index is 301. The number of rotatable bonds is 8. The van der Waals surface area contributed by atoms with Gasteiger partial charge >= 0.3 is 0 Å². The Morgan fingerprint density at radius 1 is 1.06 bits per heavy atom. The fraction of sp³-hybridized carbons (Fsp3) is 0.417. The van der Waals surface area contributed by atoms with Crippen molar-refractivity contribution in [1.29, 1.82) is 5.41 Å². The van der Waals surface area contributed by atoms with Crippen molar-refractivity contribution in [3.05, 3.63) is 35.9 Å². The van der Waals surface area contributed by atoms with Crippen LogP contribution in [0.2, 0.25) is 0 Å². The number of hydrogen-bond donors (Lipinski definition) is 2. The van der Waals surface area contributed by atoms with Gasteiger partial charge in [-0.3, -0.25) is 5.41 Å². The molecule has 0 amide bonds. The minimum absolute atomic E-state index is 0.158. The first-order valence-corrected chi connectivity index (χ1v) is 5.31. The minimum atomic E-state index is 0.158. The van der Waals surface area contributed by atoms with Gasteiger partial charge in [0.15, 0.2) is 0 Å². The second-order valence-corrected chi connectivity index (χ2v) is 3.43. The van der Waals surface area contributed by atoms with Crippen LogP contribution in [0, 0.1) is 5.41 Å². The number of hydrogen-bond acceptors (Lipinski definition) is 3. The lowest BCUT2D eigenvalue weighted by Crippen LogP contribution is -2.14. The lowest BCUT2D eigenvalue weighted by atomic mass is 10.2. The van der Waals surface area contributed by atoms with Crippen LogP contribution in [-0.4, -0.2) is 25.7 Å². The van der Waals surface area contributed by atoms with Gasteiger partial charge in [-0.15, -0.1) is 0 Å². The van der Waals surface area contributed by atoms with Crippen LogP contribution in [0.5, 0.6) is 0 Å². The van der Waals surface area contributed by atoms with Crippen molar-refractivity contribution in [2.45, 2.75) is 13.0 Å². The maximum Gasteiger partial charge on any atom is 0.0928 e. The SMILES string of the molecule is N=C(N)CCOCCOCc1ccccc1. The lowest BCUT2D eigenvalue weighted by molar-refractivity contribution is 0.0429. The molecule has 0 heterocycles. The summed E-state index contributed by atoms with van der Waals surface area (Å²) < 4.78 is 10.7. The Kier molecular flexibility index (Phi) is 6.22. The Morgan fingerprint density at radius 2 is 1.75 bits per heavy atom. The quantitative estimate of drug-likeness (QED) is 0.398. The molecule has 0 fully saturated rings. The predicted octanol–water partition coefficient (Wildman–Crippen LogP) is 1.55. The van der Waals surface area contributed by atoms with E-state index in [2.05, 4.69) is 0 Å². The van der Waals surface area contributed by atoms with Crippen LogP contribution in [0.25, 0.3) is 0 Å². The smallest absolute Gasteiger partial charge is 0.0928 e. The van der Waals surface area contributed by atoms with E-state index in [4.69, 9.17) is 20.6 Å². The molecule has 4 heteroatoms. The van der Waals surface area contributed by atoms with Crippen LogP contribution in [0.1, 0.15) is 12.0 Å². The van der Waals surface area contributed by atoms with Gasteiger partial charge in [-0.2, -0.15) is 0 Å². The van der Waals surface area contributed by atoms with Crippen molar-refractivity contribution < 1.29 is 9.47 Å². The van der Waals surface area contributed by atoms with E-state index >= 15 is 0 Å². The molecular formula is C12H18N2O2. The molecule has 0 spiro atoms. The highest BCUT2D eigenvalue weighted by atomic mass is 16.5. The van der Waals surface area contributed by atoms with E-state index < -0.39 is 0 Å². The number of ether oxygens (including phenoxy) is 2. The maximum absolute atomic E-state index is 6.99. The van der Waals surface area contributed by atoms with Crippen LogP contribution < -0.4 is 5.73 Å². The zero-order valence-electron chi connectivity index (χ0n) is 9.32. The van der Waals surface area contributed by atoms with Gasteiger partial charge in [-0.25, -0.2) is 0 Å². The summed E-state index contributed by atoms with van der Waals surface area (Å²) in [5.74, 6) is 0.158. The summed E-state index contributed by atoms with van der Waals surface area (Å²) in [5.41, 5.74) is 6.34. The highest BCUT2D eigenvalue weighted by Crippen LogP contribution is 1.99. The van der Waals surface area contributed by atoms with Gasteiger partial charge in [0.1, 0.15) is 0 Å². The van der Waals surface area contributed by atoms with Gasteiger partial charge in [0, 0.05) is 6.42 Å². The Balaban J connectivity index is 1.94. The monoisotopic (exact) mass is 222 g/mol. The molecule has 16 heavy (non-hydrogen) atoms. The highest BCUT2D eigenvalue weighted by Gasteiger charge is 1.93. The molecule has 0 aliphatic carbocycles. The third-order valence-corrected chi connectivity index (χ3v) is 2.00. The largest absolute Gasteiger partial charge is 0.388 e. The molecule has 0 aliphatic heterocycles. The number of nitrogens with two attached hydrogens (primary N) is 1. The minimum Gasteiger partial charge on any atom is -0.388 e. The normalized spacial score (nSPS) is 10.2. The standard InChI is InChI=1S/C12H18N2O2/c13-12(14)6-7-15-8-9-16-10-11-4-2-1-3-5-11/h1-5H,6-10H2,(H3,13,14). The second kappa shape index (κ2) is 7.84. The molecule has 0 radical (unpaired) electrons. The van der Waals surface area contributed by atoms with Crippen molar-refractivity contribution in [1.82, 2.24) is 0 Å². The molecule has 0 unspecified atom stereocenters. The van der Waals surface area contributed by atoms with Gasteiger partial charge in [-0.1, -0.05) is 30.3 Å². The molecule has 1 aromatic carbocycles. The molecule has 4 nitrogen and oxygen atoms in total. The average Bonchev–Trinajstić information content (AvgIpc) is 2.29. The molecule has 0 aromatic heterocycles. The molecule has 0 saturated carbocycles. The fourth-order valence-corrected chi connectivity index (χ4v) is 1.17. The van der Waals surface area contributed by atoms with Gasteiger partial charge in [0.2, 0.25) is 0 Å². The zero-order valence-corrected chi connectivity index (χ0v) is 9.32. The zero-order chi connectivity index (χ0) is 11.6. The first kappa shape index (κ1) is 12.7. The summed E-state index contributed by atoms with van der Waals surface area (Å²) in [6.07, 6.45) is 0.485. The Labute approximate surface area is 95.9 Å². The Morgan fingerprint density at radius 3 is 2.44 bits per heavy atom. The molecule has 88 valence electrons.